The van der Waals surface area contributed by atoms with Gasteiger partial charge in [-0.3, -0.25) is 5.32 Å². The molecule has 1 N–H and O–H groups in total. The van der Waals surface area contributed by atoms with Crippen LogP contribution in [0.1, 0.15) is 47.0 Å². The number of nitrogens with one attached hydrogen (secondary N) is 1. The Balaban J connectivity index is 2.69. The number of hydrogen-bond acceptors (Lipinski definition) is 4. The van der Waals surface area contributed by atoms with E-state index in [0.29, 0.717) is 31.7 Å². The second-order valence-corrected chi connectivity index (χ2v) is 5.80. The average molecular weight is 271 g/mol. The van der Waals surface area contributed by atoms with Crippen LogP contribution in [0.4, 0.5) is 0 Å². The second kappa shape index (κ2) is 7.85. The van der Waals surface area contributed by atoms with Gasteiger partial charge in [0.2, 0.25) is 0 Å². The van der Waals surface area contributed by atoms with Gasteiger partial charge in [-0.05, 0) is 44.6 Å². The number of ether oxygens (including phenoxy) is 2. The zero-order valence-corrected chi connectivity index (χ0v) is 12.8. The lowest BCUT2D eigenvalue weighted by Gasteiger charge is -2.32. The molecule has 0 aliphatic heterocycles. The van der Waals surface area contributed by atoms with Gasteiger partial charge in [0.05, 0.1) is 13.2 Å². The van der Waals surface area contributed by atoms with Crippen molar-refractivity contribution < 1.29 is 14.3 Å². The van der Waals surface area contributed by atoms with Crippen LogP contribution in [0.25, 0.3) is 0 Å². The summed E-state index contributed by atoms with van der Waals surface area (Å²) in [6.45, 7) is 10.5. The van der Waals surface area contributed by atoms with Crippen LogP contribution in [-0.4, -0.2) is 37.9 Å². The molecule has 4 heteroatoms. The minimum Gasteiger partial charge on any atom is -0.465 e. The predicted octanol–water partition coefficient (Wildman–Crippen LogP) is 2.37. The maximum Gasteiger partial charge on any atom is 0.329 e. The minimum absolute atomic E-state index is 0.144. The lowest BCUT2D eigenvalue weighted by atomic mass is 9.93. The lowest BCUT2D eigenvalue weighted by molar-refractivity contribution is -0.156. The standard InChI is InChI=1S/C15H29NO3/c1-5-9-16-15(13-7-8-13,14(17)19-6-2)11-18-10-12(3)4/h12-13,16H,5-11H2,1-4H3. The number of carbonyl (C=O) groups excluding carboxylic acids is 1. The van der Waals surface area contributed by atoms with Gasteiger partial charge in [0.15, 0.2) is 0 Å². The van der Waals surface area contributed by atoms with Crippen molar-refractivity contribution in [3.8, 4) is 0 Å². The summed E-state index contributed by atoms with van der Waals surface area (Å²) in [4.78, 5) is 12.4. The van der Waals surface area contributed by atoms with Crippen molar-refractivity contribution in [1.82, 2.24) is 5.32 Å². The SMILES string of the molecule is CCCNC(COCC(C)C)(C(=O)OCC)C1CC1. The maximum absolute atomic E-state index is 12.4. The highest BCUT2D eigenvalue weighted by Gasteiger charge is 2.52. The van der Waals surface area contributed by atoms with E-state index in [-0.39, 0.29) is 5.97 Å². The van der Waals surface area contributed by atoms with Crippen molar-refractivity contribution in [2.45, 2.75) is 52.5 Å². The van der Waals surface area contributed by atoms with Crippen molar-refractivity contribution >= 4 is 5.97 Å². The maximum atomic E-state index is 12.4. The third kappa shape index (κ3) is 4.77. The van der Waals surface area contributed by atoms with Gasteiger partial charge in [-0.25, -0.2) is 4.79 Å². The lowest BCUT2D eigenvalue weighted by Crippen LogP contribution is -2.58. The van der Waals surface area contributed by atoms with Crippen LogP contribution in [0.3, 0.4) is 0 Å². The quantitative estimate of drug-likeness (QED) is 0.620. The van der Waals surface area contributed by atoms with Crippen molar-refractivity contribution in [3.05, 3.63) is 0 Å². The van der Waals surface area contributed by atoms with Gasteiger partial charge in [-0.1, -0.05) is 20.8 Å². The molecule has 1 fully saturated rings. The summed E-state index contributed by atoms with van der Waals surface area (Å²) in [7, 11) is 0. The Kier molecular flexibility index (Phi) is 6.80. The third-order valence-electron chi connectivity index (χ3n) is 3.39. The van der Waals surface area contributed by atoms with E-state index in [2.05, 4.69) is 26.1 Å². The van der Waals surface area contributed by atoms with E-state index < -0.39 is 5.54 Å². The van der Waals surface area contributed by atoms with Gasteiger partial charge in [0.1, 0.15) is 5.54 Å². The van der Waals surface area contributed by atoms with Gasteiger partial charge in [-0.2, -0.15) is 0 Å². The van der Waals surface area contributed by atoms with E-state index >= 15 is 0 Å². The summed E-state index contributed by atoms with van der Waals surface area (Å²) >= 11 is 0. The monoisotopic (exact) mass is 271 g/mol. The highest BCUT2D eigenvalue weighted by Crippen LogP contribution is 2.41. The first kappa shape index (κ1) is 16.4. The fourth-order valence-electron chi connectivity index (χ4n) is 2.25. The highest BCUT2D eigenvalue weighted by molar-refractivity contribution is 5.82. The molecule has 0 aromatic carbocycles. The summed E-state index contributed by atoms with van der Waals surface area (Å²) in [5, 5.41) is 3.40. The zero-order chi connectivity index (χ0) is 14.3. The molecule has 4 nitrogen and oxygen atoms in total. The van der Waals surface area contributed by atoms with Crippen LogP contribution in [0.15, 0.2) is 0 Å². The zero-order valence-electron chi connectivity index (χ0n) is 12.8. The Morgan fingerprint density at radius 2 is 2.05 bits per heavy atom. The fourth-order valence-corrected chi connectivity index (χ4v) is 2.25. The molecule has 1 aliphatic carbocycles. The minimum atomic E-state index is -0.624. The van der Waals surface area contributed by atoms with Crippen molar-refractivity contribution in [3.63, 3.8) is 0 Å². The van der Waals surface area contributed by atoms with Gasteiger partial charge in [0.25, 0.3) is 0 Å². The van der Waals surface area contributed by atoms with Crippen molar-refractivity contribution in [2.75, 3.05) is 26.4 Å². The number of carbonyl (C=O) groups is 1. The Morgan fingerprint density at radius 1 is 1.37 bits per heavy atom. The highest BCUT2D eigenvalue weighted by atomic mass is 16.5. The molecule has 0 radical (unpaired) electrons. The smallest absolute Gasteiger partial charge is 0.329 e. The van der Waals surface area contributed by atoms with Crippen LogP contribution in [0.5, 0.6) is 0 Å². The van der Waals surface area contributed by atoms with E-state index in [1.54, 1.807) is 0 Å². The molecule has 0 spiro atoms. The number of hydrogen-bond donors (Lipinski definition) is 1. The third-order valence-corrected chi connectivity index (χ3v) is 3.39. The van der Waals surface area contributed by atoms with E-state index in [0.717, 1.165) is 25.8 Å². The molecule has 1 rings (SSSR count). The molecule has 0 aromatic heterocycles. The first-order chi connectivity index (χ1) is 9.06. The second-order valence-electron chi connectivity index (χ2n) is 5.80. The van der Waals surface area contributed by atoms with Crippen LogP contribution in [0.2, 0.25) is 0 Å². The number of esters is 1. The first-order valence-corrected chi connectivity index (χ1v) is 7.56. The predicted molar refractivity (Wildman–Crippen MR) is 76.0 cm³/mol. The molecular formula is C15H29NO3. The van der Waals surface area contributed by atoms with Gasteiger partial charge < -0.3 is 9.47 Å². The summed E-state index contributed by atoms with van der Waals surface area (Å²) in [5.74, 6) is 0.699. The van der Waals surface area contributed by atoms with Crippen LogP contribution < -0.4 is 5.32 Å². The van der Waals surface area contributed by atoms with Crippen LogP contribution in [-0.2, 0) is 14.3 Å². The first-order valence-electron chi connectivity index (χ1n) is 7.56. The summed E-state index contributed by atoms with van der Waals surface area (Å²) < 4.78 is 11.0. The molecule has 1 atom stereocenters. The molecule has 0 bridgehead atoms. The van der Waals surface area contributed by atoms with E-state index in [4.69, 9.17) is 9.47 Å². The molecule has 1 saturated carbocycles. The van der Waals surface area contributed by atoms with E-state index in [1.807, 2.05) is 6.92 Å². The molecule has 1 unspecified atom stereocenters. The molecule has 1 aliphatic rings. The summed E-state index contributed by atoms with van der Waals surface area (Å²) in [5.41, 5.74) is -0.624. The van der Waals surface area contributed by atoms with Crippen molar-refractivity contribution in [2.24, 2.45) is 11.8 Å². The van der Waals surface area contributed by atoms with E-state index in [9.17, 15) is 4.79 Å². The Bertz CT molecular complexity index is 277. The van der Waals surface area contributed by atoms with Gasteiger partial charge >= 0.3 is 5.97 Å². The molecular weight excluding hydrogens is 242 g/mol. The van der Waals surface area contributed by atoms with Crippen molar-refractivity contribution in [1.29, 1.82) is 0 Å². The van der Waals surface area contributed by atoms with Crippen LogP contribution >= 0.6 is 0 Å². The molecule has 0 saturated heterocycles. The molecule has 0 heterocycles. The number of rotatable bonds is 10. The molecule has 19 heavy (non-hydrogen) atoms. The Hall–Kier alpha value is -0.610. The molecule has 0 aromatic rings. The van der Waals surface area contributed by atoms with Crippen LogP contribution in [0, 0.1) is 11.8 Å². The topological polar surface area (TPSA) is 47.6 Å². The molecule has 112 valence electrons. The summed E-state index contributed by atoms with van der Waals surface area (Å²) in [6, 6.07) is 0. The van der Waals surface area contributed by atoms with Gasteiger partial charge in [-0.15, -0.1) is 0 Å². The fraction of sp³-hybridized carbons (Fsp3) is 0.933. The largest absolute Gasteiger partial charge is 0.465 e. The normalized spacial score (nSPS) is 18.4. The Morgan fingerprint density at radius 3 is 2.53 bits per heavy atom. The Labute approximate surface area is 117 Å². The average Bonchev–Trinajstić information content (AvgIpc) is 3.18. The summed E-state index contributed by atoms with van der Waals surface area (Å²) in [6.07, 6.45) is 3.17. The van der Waals surface area contributed by atoms with Gasteiger partial charge in [0, 0.05) is 6.61 Å². The molecule has 0 amide bonds. The van der Waals surface area contributed by atoms with E-state index in [1.165, 1.54) is 0 Å².